The van der Waals surface area contributed by atoms with E-state index in [0.717, 1.165) is 19.3 Å². The van der Waals surface area contributed by atoms with Crippen LogP contribution < -0.4 is 0 Å². The van der Waals surface area contributed by atoms with Crippen LogP contribution in [0.15, 0.2) is 41.8 Å². The van der Waals surface area contributed by atoms with E-state index in [1.165, 1.54) is 23.8 Å². The summed E-state index contributed by atoms with van der Waals surface area (Å²) in [6.07, 6.45) is 7.35. The van der Waals surface area contributed by atoms with Gasteiger partial charge in [0.25, 0.3) is 0 Å². The van der Waals surface area contributed by atoms with Gasteiger partial charge in [-0.15, -0.1) is 0 Å². The Labute approximate surface area is 130 Å². The number of unbranched alkanes of at least 4 members (excludes halogenated alkanes) is 2. The Morgan fingerprint density at radius 1 is 1.24 bits per heavy atom. The number of hydrogen-bond acceptors (Lipinski definition) is 2. The van der Waals surface area contributed by atoms with Crippen LogP contribution in [0.4, 0.5) is 0 Å². The number of allylic oxidation sites excluding steroid dienone is 1. The maximum absolute atomic E-state index is 10.7. The second-order valence-electron chi connectivity index (χ2n) is 5.19. The van der Waals surface area contributed by atoms with E-state index in [4.69, 9.17) is 9.29 Å². The fourth-order valence-corrected chi connectivity index (χ4v) is 2.53. The molecule has 0 aliphatic carbocycles. The highest BCUT2D eigenvalue weighted by molar-refractivity contribution is 7.82. The molecule has 0 amide bonds. The summed E-state index contributed by atoms with van der Waals surface area (Å²) in [4.78, 5) is 0. The summed E-state index contributed by atoms with van der Waals surface area (Å²) >= 11 is -1.85. The molecule has 0 aliphatic heterocycles. The van der Waals surface area contributed by atoms with Gasteiger partial charge in [0.2, 0.25) is 0 Å². The summed E-state index contributed by atoms with van der Waals surface area (Å²) in [5.74, 6) is 0.323. The number of benzene rings is 1. The van der Waals surface area contributed by atoms with Gasteiger partial charge >= 0.3 is 0 Å². The van der Waals surface area contributed by atoms with Crippen molar-refractivity contribution >= 4 is 11.1 Å². The summed E-state index contributed by atoms with van der Waals surface area (Å²) < 4.78 is 25.3. The van der Waals surface area contributed by atoms with Gasteiger partial charge in [0.1, 0.15) is 0 Å². The van der Waals surface area contributed by atoms with Crippen LogP contribution in [-0.4, -0.2) is 15.4 Å². The molecule has 0 spiro atoms. The average Bonchev–Trinajstić information content (AvgIpc) is 2.49. The van der Waals surface area contributed by atoms with Gasteiger partial charge in [0, 0.05) is 12.0 Å². The molecular formula is C17H26O3S. The van der Waals surface area contributed by atoms with Crippen molar-refractivity contribution in [3.8, 4) is 0 Å². The molecule has 1 aromatic rings. The molecular weight excluding hydrogens is 284 g/mol. The first-order valence-corrected chi connectivity index (χ1v) is 8.79. The summed E-state index contributed by atoms with van der Waals surface area (Å²) in [6, 6.07) is 10.1. The van der Waals surface area contributed by atoms with Crippen LogP contribution in [0, 0.1) is 5.92 Å². The molecule has 1 N–H and O–H groups in total. The highest BCUT2D eigenvalue weighted by atomic mass is 32.2. The molecule has 118 valence electrons. The van der Waals surface area contributed by atoms with Crippen LogP contribution in [0.25, 0.3) is 0 Å². The second kappa shape index (κ2) is 11.7. The maximum atomic E-state index is 10.7. The van der Waals surface area contributed by atoms with E-state index in [0.29, 0.717) is 19.1 Å². The molecule has 0 fully saturated rings. The van der Waals surface area contributed by atoms with Gasteiger partial charge in [-0.2, -0.15) is 0 Å². The standard InChI is InChI=1S/C17H26O3S/c1-2-3-5-8-16(12-14-21(18)19)11-13-20-15-17-9-6-4-7-10-17/h4,6-7,9-10,12,14,16H,2-3,5,8,11,13,15H2,1H3,(H,18,19)/b14-12+. The summed E-state index contributed by atoms with van der Waals surface area (Å²) in [7, 11) is 0. The Kier molecular flexibility index (Phi) is 10.0. The van der Waals surface area contributed by atoms with Crippen molar-refractivity contribution in [1.82, 2.24) is 0 Å². The van der Waals surface area contributed by atoms with Gasteiger partial charge in [-0.3, -0.25) is 0 Å². The molecule has 4 heteroatoms. The van der Waals surface area contributed by atoms with Crippen molar-refractivity contribution in [1.29, 1.82) is 0 Å². The van der Waals surface area contributed by atoms with Crippen molar-refractivity contribution in [2.75, 3.05) is 6.61 Å². The summed E-state index contributed by atoms with van der Waals surface area (Å²) in [5, 5.41) is 1.37. The highest BCUT2D eigenvalue weighted by Gasteiger charge is 2.05. The van der Waals surface area contributed by atoms with Crippen molar-refractivity contribution in [2.45, 2.75) is 45.6 Å². The zero-order valence-electron chi connectivity index (χ0n) is 12.7. The molecule has 0 aromatic heterocycles. The Bertz CT molecular complexity index is 417. The zero-order chi connectivity index (χ0) is 15.3. The first-order valence-electron chi connectivity index (χ1n) is 7.62. The van der Waals surface area contributed by atoms with Crippen LogP contribution in [0.2, 0.25) is 0 Å². The van der Waals surface area contributed by atoms with Crippen molar-refractivity contribution in [3.05, 3.63) is 47.4 Å². The Hall–Kier alpha value is -0.970. The van der Waals surface area contributed by atoms with Crippen LogP contribution in [-0.2, 0) is 22.4 Å². The number of rotatable bonds is 11. The van der Waals surface area contributed by atoms with Gasteiger partial charge in [-0.1, -0.05) is 62.6 Å². The lowest BCUT2D eigenvalue weighted by atomic mass is 9.98. The minimum absolute atomic E-state index is 0.323. The Balaban J connectivity index is 2.29. The topological polar surface area (TPSA) is 46.5 Å². The number of hydrogen-bond donors (Lipinski definition) is 1. The van der Waals surface area contributed by atoms with Crippen LogP contribution in [0.1, 0.15) is 44.6 Å². The minimum Gasteiger partial charge on any atom is -0.377 e. The van der Waals surface area contributed by atoms with Gasteiger partial charge in [-0.05, 0) is 24.3 Å². The van der Waals surface area contributed by atoms with Crippen LogP contribution >= 0.6 is 0 Å². The third-order valence-electron chi connectivity index (χ3n) is 3.39. The third kappa shape index (κ3) is 9.56. The minimum atomic E-state index is -1.85. The molecule has 0 bridgehead atoms. The third-order valence-corrected chi connectivity index (χ3v) is 3.78. The highest BCUT2D eigenvalue weighted by Crippen LogP contribution is 2.16. The summed E-state index contributed by atoms with van der Waals surface area (Å²) in [6.45, 7) is 3.48. The largest absolute Gasteiger partial charge is 0.377 e. The molecule has 0 aliphatic rings. The molecule has 1 rings (SSSR count). The van der Waals surface area contributed by atoms with Crippen molar-refractivity contribution in [3.63, 3.8) is 0 Å². The van der Waals surface area contributed by atoms with Gasteiger partial charge in [0.15, 0.2) is 11.1 Å². The van der Waals surface area contributed by atoms with E-state index in [1.807, 2.05) is 36.4 Å². The first-order chi connectivity index (χ1) is 10.2. The number of ether oxygens (including phenoxy) is 1. The predicted molar refractivity (Wildman–Crippen MR) is 88.3 cm³/mol. The fourth-order valence-electron chi connectivity index (χ4n) is 2.17. The quantitative estimate of drug-likeness (QED) is 0.482. The van der Waals surface area contributed by atoms with E-state index < -0.39 is 11.1 Å². The van der Waals surface area contributed by atoms with E-state index in [2.05, 4.69) is 6.92 Å². The van der Waals surface area contributed by atoms with E-state index in [9.17, 15) is 4.21 Å². The molecule has 2 atom stereocenters. The molecule has 21 heavy (non-hydrogen) atoms. The normalized spacial score (nSPS) is 14.4. The maximum Gasteiger partial charge on any atom is 0.178 e. The van der Waals surface area contributed by atoms with Crippen LogP contribution in [0.3, 0.4) is 0 Å². The fraction of sp³-hybridized carbons (Fsp3) is 0.529. The molecule has 2 unspecified atom stereocenters. The first kappa shape index (κ1) is 18.1. The second-order valence-corrected chi connectivity index (χ2v) is 6.01. The summed E-state index contributed by atoms with van der Waals surface area (Å²) in [5.41, 5.74) is 1.17. The zero-order valence-corrected chi connectivity index (χ0v) is 13.6. The molecule has 0 radical (unpaired) electrons. The van der Waals surface area contributed by atoms with E-state index in [-0.39, 0.29) is 0 Å². The SMILES string of the molecule is CCCCCC(/C=C/S(=O)O)CCOCc1ccccc1. The van der Waals surface area contributed by atoms with Crippen molar-refractivity contribution in [2.24, 2.45) is 5.92 Å². The lowest BCUT2D eigenvalue weighted by Crippen LogP contribution is -2.04. The molecule has 3 nitrogen and oxygen atoms in total. The smallest absolute Gasteiger partial charge is 0.178 e. The molecule has 0 heterocycles. The van der Waals surface area contributed by atoms with Gasteiger partial charge < -0.3 is 9.29 Å². The lowest BCUT2D eigenvalue weighted by Gasteiger charge is -2.12. The van der Waals surface area contributed by atoms with Gasteiger partial charge in [0.05, 0.1) is 6.61 Å². The Morgan fingerprint density at radius 2 is 2.00 bits per heavy atom. The monoisotopic (exact) mass is 310 g/mol. The average molecular weight is 310 g/mol. The van der Waals surface area contributed by atoms with Gasteiger partial charge in [-0.25, -0.2) is 4.21 Å². The lowest BCUT2D eigenvalue weighted by molar-refractivity contribution is 0.110. The molecule has 0 saturated carbocycles. The predicted octanol–water partition coefficient (Wildman–Crippen LogP) is 4.53. The molecule has 1 aromatic carbocycles. The van der Waals surface area contributed by atoms with E-state index in [1.54, 1.807) is 0 Å². The van der Waals surface area contributed by atoms with Crippen molar-refractivity contribution < 1.29 is 13.5 Å². The van der Waals surface area contributed by atoms with Crippen LogP contribution in [0.5, 0.6) is 0 Å². The van der Waals surface area contributed by atoms with E-state index >= 15 is 0 Å². The Morgan fingerprint density at radius 3 is 2.67 bits per heavy atom. The molecule has 0 saturated heterocycles.